The molecule has 1 rings (SSSR count). The van der Waals surface area contributed by atoms with Crippen LogP contribution in [0.2, 0.25) is 0 Å². The van der Waals surface area contributed by atoms with Crippen LogP contribution in [0.3, 0.4) is 0 Å². The predicted molar refractivity (Wildman–Crippen MR) is 62.3 cm³/mol. The molecule has 0 heterocycles. The van der Waals surface area contributed by atoms with Crippen molar-refractivity contribution < 1.29 is 9.13 Å². The Morgan fingerprint density at radius 3 is 2.75 bits per heavy atom. The molecular formula is C12H19FN2O. The molecule has 0 aliphatic carbocycles. The zero-order valence-electron chi connectivity index (χ0n) is 9.96. The summed E-state index contributed by atoms with van der Waals surface area (Å²) in [6.45, 7) is 3.90. The molecule has 0 saturated carbocycles. The lowest BCUT2D eigenvalue weighted by Gasteiger charge is -2.21. The highest BCUT2D eigenvalue weighted by Crippen LogP contribution is 2.23. The van der Waals surface area contributed by atoms with Gasteiger partial charge in [-0.3, -0.25) is 11.3 Å². The average Bonchev–Trinajstić information content (AvgIpc) is 2.29. The van der Waals surface area contributed by atoms with Crippen molar-refractivity contribution in [2.24, 2.45) is 5.84 Å². The molecule has 0 bridgehead atoms. The molecule has 3 nitrogen and oxygen atoms in total. The van der Waals surface area contributed by atoms with Gasteiger partial charge in [0.2, 0.25) is 0 Å². The van der Waals surface area contributed by atoms with Gasteiger partial charge in [-0.2, -0.15) is 0 Å². The molecule has 0 fully saturated rings. The van der Waals surface area contributed by atoms with Gasteiger partial charge >= 0.3 is 0 Å². The Balaban J connectivity index is 2.89. The minimum Gasteiger partial charge on any atom is -0.382 e. The first-order valence-corrected chi connectivity index (χ1v) is 5.33. The molecule has 2 unspecified atom stereocenters. The fraction of sp³-hybridized carbons (Fsp3) is 0.500. The number of benzene rings is 1. The Morgan fingerprint density at radius 1 is 1.50 bits per heavy atom. The van der Waals surface area contributed by atoms with E-state index in [-0.39, 0.29) is 18.0 Å². The smallest absolute Gasteiger partial charge is 0.123 e. The van der Waals surface area contributed by atoms with Gasteiger partial charge < -0.3 is 4.74 Å². The van der Waals surface area contributed by atoms with E-state index in [4.69, 9.17) is 10.6 Å². The summed E-state index contributed by atoms with van der Waals surface area (Å²) in [5.41, 5.74) is 4.61. The Morgan fingerprint density at radius 2 is 2.19 bits per heavy atom. The fourth-order valence-corrected chi connectivity index (χ4v) is 1.70. The van der Waals surface area contributed by atoms with Gasteiger partial charge in [-0.1, -0.05) is 6.07 Å². The van der Waals surface area contributed by atoms with E-state index in [1.807, 2.05) is 13.8 Å². The van der Waals surface area contributed by atoms with E-state index < -0.39 is 0 Å². The van der Waals surface area contributed by atoms with Crippen molar-refractivity contribution in [3.05, 3.63) is 35.1 Å². The summed E-state index contributed by atoms with van der Waals surface area (Å²) in [6, 6.07) is 4.63. The fourth-order valence-electron chi connectivity index (χ4n) is 1.70. The molecule has 3 N–H and O–H groups in total. The first-order valence-electron chi connectivity index (χ1n) is 5.33. The van der Waals surface area contributed by atoms with E-state index in [9.17, 15) is 4.39 Å². The Bertz CT molecular complexity index is 344. The molecule has 90 valence electrons. The minimum absolute atomic E-state index is 0.0729. The highest BCUT2D eigenvalue weighted by atomic mass is 19.1. The molecule has 0 aliphatic heterocycles. The zero-order valence-corrected chi connectivity index (χ0v) is 9.96. The summed E-state index contributed by atoms with van der Waals surface area (Å²) in [5, 5.41) is 0. The van der Waals surface area contributed by atoms with Gasteiger partial charge in [0.1, 0.15) is 5.82 Å². The molecular weight excluding hydrogens is 207 g/mol. The van der Waals surface area contributed by atoms with Crippen LogP contribution in [-0.4, -0.2) is 13.2 Å². The van der Waals surface area contributed by atoms with Gasteiger partial charge in [0.15, 0.2) is 0 Å². The number of nitrogens with two attached hydrogens (primary N) is 1. The van der Waals surface area contributed by atoms with Crippen LogP contribution < -0.4 is 11.3 Å². The molecule has 16 heavy (non-hydrogen) atoms. The number of halogens is 1. The van der Waals surface area contributed by atoms with E-state index in [2.05, 4.69) is 5.43 Å². The summed E-state index contributed by atoms with van der Waals surface area (Å²) in [7, 11) is 1.65. The SMILES string of the molecule is COC(C)CC(NN)c1cc(F)ccc1C. The van der Waals surface area contributed by atoms with Gasteiger partial charge in [-0.15, -0.1) is 0 Å². The second-order valence-corrected chi connectivity index (χ2v) is 4.00. The molecule has 0 radical (unpaired) electrons. The quantitative estimate of drug-likeness (QED) is 0.597. The lowest BCUT2D eigenvalue weighted by molar-refractivity contribution is 0.100. The van der Waals surface area contributed by atoms with Crippen molar-refractivity contribution in [1.82, 2.24) is 5.43 Å². The maximum atomic E-state index is 13.2. The number of nitrogens with one attached hydrogen (secondary N) is 1. The highest BCUT2D eigenvalue weighted by Gasteiger charge is 2.16. The van der Waals surface area contributed by atoms with E-state index in [1.165, 1.54) is 12.1 Å². The summed E-state index contributed by atoms with van der Waals surface area (Å²) < 4.78 is 18.3. The molecule has 0 saturated heterocycles. The number of aryl methyl sites for hydroxylation is 1. The summed E-state index contributed by atoms with van der Waals surface area (Å²) >= 11 is 0. The van der Waals surface area contributed by atoms with Crippen LogP contribution >= 0.6 is 0 Å². The number of hydrogen-bond donors (Lipinski definition) is 2. The van der Waals surface area contributed by atoms with Crippen LogP contribution in [0, 0.1) is 12.7 Å². The number of ether oxygens (including phenoxy) is 1. The Kier molecular flexibility index (Phi) is 4.86. The monoisotopic (exact) mass is 226 g/mol. The Labute approximate surface area is 95.8 Å². The van der Waals surface area contributed by atoms with Crippen molar-refractivity contribution in [2.75, 3.05) is 7.11 Å². The van der Waals surface area contributed by atoms with Crippen molar-refractivity contribution >= 4 is 0 Å². The standard InChI is InChI=1S/C12H19FN2O/c1-8-4-5-10(13)7-11(8)12(15-14)6-9(2)16-3/h4-5,7,9,12,15H,6,14H2,1-3H3. The Hall–Kier alpha value is -0.970. The molecule has 4 heteroatoms. The second-order valence-electron chi connectivity index (χ2n) is 4.00. The molecule has 0 aliphatic rings. The van der Waals surface area contributed by atoms with Gasteiger partial charge in [0.05, 0.1) is 6.10 Å². The maximum absolute atomic E-state index is 13.2. The minimum atomic E-state index is -0.245. The first kappa shape index (κ1) is 13.1. The number of rotatable bonds is 5. The van der Waals surface area contributed by atoms with Gasteiger partial charge in [-0.25, -0.2) is 4.39 Å². The third kappa shape index (κ3) is 3.27. The molecule has 1 aromatic rings. The average molecular weight is 226 g/mol. The summed E-state index contributed by atoms with van der Waals surface area (Å²) in [6.07, 6.45) is 0.779. The molecule has 0 spiro atoms. The third-order valence-corrected chi connectivity index (χ3v) is 2.79. The molecule has 2 atom stereocenters. The normalized spacial score (nSPS) is 14.8. The third-order valence-electron chi connectivity index (χ3n) is 2.79. The zero-order chi connectivity index (χ0) is 12.1. The lowest BCUT2D eigenvalue weighted by atomic mass is 9.97. The van der Waals surface area contributed by atoms with Crippen molar-refractivity contribution in [3.8, 4) is 0 Å². The molecule has 1 aromatic carbocycles. The van der Waals surface area contributed by atoms with Crippen molar-refractivity contribution in [1.29, 1.82) is 0 Å². The van der Waals surface area contributed by atoms with Gasteiger partial charge in [0.25, 0.3) is 0 Å². The van der Waals surface area contributed by atoms with Gasteiger partial charge in [0, 0.05) is 13.2 Å². The summed E-state index contributed by atoms with van der Waals surface area (Å²) in [5.74, 6) is 5.25. The molecule has 0 amide bonds. The van der Waals surface area contributed by atoms with E-state index in [0.29, 0.717) is 6.42 Å². The molecule has 0 aromatic heterocycles. The van der Waals surface area contributed by atoms with Crippen LogP contribution in [-0.2, 0) is 4.74 Å². The topological polar surface area (TPSA) is 47.3 Å². The highest BCUT2D eigenvalue weighted by molar-refractivity contribution is 5.29. The predicted octanol–water partition coefficient (Wildman–Crippen LogP) is 2.06. The number of hydrazine groups is 1. The van der Waals surface area contributed by atoms with E-state index in [0.717, 1.165) is 11.1 Å². The van der Waals surface area contributed by atoms with Crippen molar-refractivity contribution in [2.45, 2.75) is 32.4 Å². The van der Waals surface area contributed by atoms with Crippen LogP contribution in [0.15, 0.2) is 18.2 Å². The van der Waals surface area contributed by atoms with Crippen molar-refractivity contribution in [3.63, 3.8) is 0 Å². The van der Waals surface area contributed by atoms with Crippen LogP contribution in [0.4, 0.5) is 4.39 Å². The van der Waals surface area contributed by atoms with Crippen LogP contribution in [0.25, 0.3) is 0 Å². The number of methoxy groups -OCH3 is 1. The van der Waals surface area contributed by atoms with E-state index in [1.54, 1.807) is 13.2 Å². The van der Waals surface area contributed by atoms with Crippen LogP contribution in [0.1, 0.15) is 30.5 Å². The number of hydrogen-bond acceptors (Lipinski definition) is 3. The second kappa shape index (κ2) is 5.94. The first-order chi connectivity index (χ1) is 7.58. The lowest BCUT2D eigenvalue weighted by Crippen LogP contribution is -2.31. The summed E-state index contributed by atoms with van der Waals surface area (Å²) in [4.78, 5) is 0. The maximum Gasteiger partial charge on any atom is 0.123 e. The largest absolute Gasteiger partial charge is 0.382 e. The van der Waals surface area contributed by atoms with Crippen LogP contribution in [0.5, 0.6) is 0 Å². The van der Waals surface area contributed by atoms with E-state index >= 15 is 0 Å². The van der Waals surface area contributed by atoms with Gasteiger partial charge in [-0.05, 0) is 43.5 Å².